The normalized spacial score (nSPS) is 35.9. The topological polar surface area (TPSA) is 76.0 Å². The van der Waals surface area contributed by atoms with Crippen molar-refractivity contribution in [3.05, 3.63) is 0 Å². The van der Waals surface area contributed by atoms with Crippen molar-refractivity contribution in [1.29, 1.82) is 0 Å². The number of ketones is 1. The van der Waals surface area contributed by atoms with Crippen LogP contribution in [0.4, 0.5) is 0 Å². The quantitative estimate of drug-likeness (QED) is 0.557. The summed E-state index contributed by atoms with van der Waals surface area (Å²) in [6.07, 6.45) is -0.463. The van der Waals surface area contributed by atoms with Crippen LogP contribution in [-0.4, -0.2) is 48.2 Å². The maximum Gasteiger partial charge on any atom is 0.253 e. The molecule has 1 aliphatic rings. The van der Waals surface area contributed by atoms with E-state index in [0.717, 1.165) is 0 Å². The molecule has 0 spiro atoms. The summed E-state index contributed by atoms with van der Waals surface area (Å²) < 4.78 is 9.80. The number of carbonyl (C=O) groups excluding carboxylic acids is 1. The highest BCUT2D eigenvalue weighted by atomic mass is 16.7. The molecule has 1 heterocycles. The Balaban J connectivity index is 2.72. The fourth-order valence-electron chi connectivity index (χ4n) is 1.19. The van der Waals surface area contributed by atoms with Crippen LogP contribution >= 0.6 is 0 Å². The summed E-state index contributed by atoms with van der Waals surface area (Å²) in [6, 6.07) is 0. The fourth-order valence-corrected chi connectivity index (χ4v) is 1.19. The van der Waals surface area contributed by atoms with Gasteiger partial charge in [-0.25, -0.2) is 0 Å². The summed E-state index contributed by atoms with van der Waals surface area (Å²) in [5, 5.41) is 17.5. The SMILES string of the molecule is COC1(CO)OC(CO)CC1=O. The van der Waals surface area contributed by atoms with Crippen LogP contribution in [0.3, 0.4) is 0 Å². The average Bonchev–Trinajstić information content (AvgIpc) is 2.43. The maximum atomic E-state index is 11.2. The molecule has 0 radical (unpaired) electrons. The number of rotatable bonds is 3. The minimum absolute atomic E-state index is 0.0882. The standard InChI is InChI=1S/C7H12O5/c1-11-7(4-9)6(10)2-5(3-8)12-7/h5,8-9H,2-4H2,1H3. The van der Waals surface area contributed by atoms with E-state index in [0.29, 0.717) is 0 Å². The van der Waals surface area contributed by atoms with Gasteiger partial charge in [0.2, 0.25) is 0 Å². The Hall–Kier alpha value is -0.490. The van der Waals surface area contributed by atoms with Crippen molar-refractivity contribution in [2.24, 2.45) is 0 Å². The molecule has 0 bridgehead atoms. The van der Waals surface area contributed by atoms with Gasteiger partial charge in [0, 0.05) is 13.5 Å². The third kappa shape index (κ3) is 1.36. The number of aliphatic hydroxyl groups excluding tert-OH is 2. The van der Waals surface area contributed by atoms with Crippen molar-refractivity contribution < 1.29 is 24.5 Å². The molecular formula is C7H12O5. The molecule has 2 N–H and O–H groups in total. The first kappa shape index (κ1) is 9.60. The summed E-state index contributed by atoms with van der Waals surface area (Å²) in [5.41, 5.74) is 0. The van der Waals surface area contributed by atoms with Crippen molar-refractivity contribution >= 4 is 5.78 Å². The first-order valence-electron chi connectivity index (χ1n) is 3.66. The lowest BCUT2D eigenvalue weighted by atomic mass is 10.1. The number of carbonyl (C=O) groups is 1. The zero-order valence-corrected chi connectivity index (χ0v) is 6.82. The molecule has 0 saturated carbocycles. The van der Waals surface area contributed by atoms with Gasteiger partial charge in [0.25, 0.3) is 5.79 Å². The van der Waals surface area contributed by atoms with Crippen LogP contribution < -0.4 is 0 Å². The molecule has 1 fully saturated rings. The highest BCUT2D eigenvalue weighted by Crippen LogP contribution is 2.26. The molecule has 5 nitrogen and oxygen atoms in total. The van der Waals surface area contributed by atoms with Crippen LogP contribution in [0.5, 0.6) is 0 Å². The van der Waals surface area contributed by atoms with Gasteiger partial charge in [-0.2, -0.15) is 0 Å². The summed E-state index contributed by atoms with van der Waals surface area (Å²) in [5.74, 6) is -1.86. The molecular weight excluding hydrogens is 164 g/mol. The molecule has 2 unspecified atom stereocenters. The predicted octanol–water partition coefficient (Wildman–Crippen LogP) is -1.33. The number of aliphatic hydroxyl groups is 2. The molecule has 1 rings (SSSR count). The molecule has 2 atom stereocenters. The number of hydrogen-bond donors (Lipinski definition) is 2. The summed E-state index contributed by atoms with van der Waals surface area (Å²) in [6.45, 7) is -0.754. The second kappa shape index (κ2) is 3.49. The van der Waals surface area contributed by atoms with Gasteiger partial charge in [0.15, 0.2) is 5.78 Å². The zero-order chi connectivity index (χ0) is 9.19. The second-order valence-electron chi connectivity index (χ2n) is 2.66. The largest absolute Gasteiger partial charge is 0.394 e. The lowest BCUT2D eigenvalue weighted by Gasteiger charge is -2.22. The average molecular weight is 176 g/mol. The van der Waals surface area contributed by atoms with Gasteiger partial charge in [-0.15, -0.1) is 0 Å². The Labute approximate surface area is 69.9 Å². The Kier molecular flexibility index (Phi) is 2.79. The van der Waals surface area contributed by atoms with E-state index in [-0.39, 0.29) is 18.8 Å². The monoisotopic (exact) mass is 176 g/mol. The van der Waals surface area contributed by atoms with E-state index >= 15 is 0 Å². The fraction of sp³-hybridized carbons (Fsp3) is 0.857. The van der Waals surface area contributed by atoms with E-state index in [9.17, 15) is 4.79 Å². The summed E-state index contributed by atoms with van der Waals surface area (Å²) in [7, 11) is 1.29. The Morgan fingerprint density at radius 3 is 2.67 bits per heavy atom. The van der Waals surface area contributed by atoms with Crippen LogP contribution in [0, 0.1) is 0 Å². The molecule has 1 saturated heterocycles. The number of Topliss-reactive ketones (excluding diaryl/α,β-unsaturated/α-hetero) is 1. The van der Waals surface area contributed by atoms with E-state index in [1.54, 1.807) is 0 Å². The van der Waals surface area contributed by atoms with Gasteiger partial charge in [-0.05, 0) is 0 Å². The van der Waals surface area contributed by atoms with Gasteiger partial charge < -0.3 is 19.7 Å². The Morgan fingerprint density at radius 1 is 1.75 bits per heavy atom. The van der Waals surface area contributed by atoms with E-state index < -0.39 is 18.5 Å². The van der Waals surface area contributed by atoms with Crippen molar-refractivity contribution in [2.45, 2.75) is 18.3 Å². The number of hydrogen-bond acceptors (Lipinski definition) is 5. The number of ether oxygens (including phenoxy) is 2. The highest BCUT2D eigenvalue weighted by molar-refractivity contribution is 5.88. The molecule has 70 valence electrons. The zero-order valence-electron chi connectivity index (χ0n) is 6.82. The Morgan fingerprint density at radius 2 is 2.42 bits per heavy atom. The van der Waals surface area contributed by atoms with Crippen molar-refractivity contribution in [2.75, 3.05) is 20.3 Å². The third-order valence-electron chi connectivity index (χ3n) is 1.94. The first-order valence-corrected chi connectivity index (χ1v) is 3.66. The smallest absolute Gasteiger partial charge is 0.253 e. The second-order valence-corrected chi connectivity index (χ2v) is 2.66. The summed E-state index contributed by atoms with van der Waals surface area (Å²) in [4.78, 5) is 11.2. The molecule has 1 aliphatic heterocycles. The van der Waals surface area contributed by atoms with E-state index in [2.05, 4.69) is 0 Å². The molecule has 0 amide bonds. The first-order chi connectivity index (χ1) is 5.68. The molecule has 0 aromatic carbocycles. The van der Waals surface area contributed by atoms with E-state index in [1.807, 2.05) is 0 Å². The van der Waals surface area contributed by atoms with Crippen LogP contribution in [0.1, 0.15) is 6.42 Å². The molecule has 0 aromatic rings. The van der Waals surface area contributed by atoms with Crippen LogP contribution in [0.25, 0.3) is 0 Å². The molecule has 12 heavy (non-hydrogen) atoms. The maximum absolute atomic E-state index is 11.2. The van der Waals surface area contributed by atoms with Crippen molar-refractivity contribution in [1.82, 2.24) is 0 Å². The highest BCUT2D eigenvalue weighted by Gasteiger charge is 2.48. The van der Waals surface area contributed by atoms with Crippen molar-refractivity contribution in [3.8, 4) is 0 Å². The number of methoxy groups -OCH3 is 1. The summed E-state index contributed by atoms with van der Waals surface area (Å²) >= 11 is 0. The van der Waals surface area contributed by atoms with Crippen LogP contribution in [0.2, 0.25) is 0 Å². The van der Waals surface area contributed by atoms with E-state index in [1.165, 1.54) is 7.11 Å². The Bertz CT molecular complexity index is 175. The van der Waals surface area contributed by atoms with Gasteiger partial charge >= 0.3 is 0 Å². The van der Waals surface area contributed by atoms with Gasteiger partial charge in [0.1, 0.15) is 6.61 Å². The molecule has 5 heteroatoms. The minimum atomic E-state index is -1.53. The molecule has 0 aromatic heterocycles. The minimum Gasteiger partial charge on any atom is -0.394 e. The van der Waals surface area contributed by atoms with Crippen molar-refractivity contribution in [3.63, 3.8) is 0 Å². The van der Waals surface area contributed by atoms with Gasteiger partial charge in [-0.1, -0.05) is 0 Å². The molecule has 0 aliphatic carbocycles. The van der Waals surface area contributed by atoms with Crippen LogP contribution in [0.15, 0.2) is 0 Å². The predicted molar refractivity (Wildman–Crippen MR) is 38.4 cm³/mol. The van der Waals surface area contributed by atoms with E-state index in [4.69, 9.17) is 19.7 Å². The van der Waals surface area contributed by atoms with Crippen LogP contribution in [-0.2, 0) is 14.3 Å². The van der Waals surface area contributed by atoms with Gasteiger partial charge in [-0.3, -0.25) is 4.79 Å². The lowest BCUT2D eigenvalue weighted by Crippen LogP contribution is -2.42. The lowest BCUT2D eigenvalue weighted by molar-refractivity contribution is -0.226. The third-order valence-corrected chi connectivity index (χ3v) is 1.94. The van der Waals surface area contributed by atoms with Gasteiger partial charge in [0.05, 0.1) is 12.7 Å².